The third-order valence-electron chi connectivity index (χ3n) is 2.48. The van der Waals surface area contributed by atoms with Crippen LogP contribution in [0.1, 0.15) is 37.6 Å². The zero-order valence-corrected chi connectivity index (χ0v) is 7.59. The Balaban J connectivity index is 2.06. The summed E-state index contributed by atoms with van der Waals surface area (Å²) < 4.78 is 1.80. The van der Waals surface area contributed by atoms with Crippen molar-refractivity contribution >= 4 is 0 Å². The van der Waals surface area contributed by atoms with E-state index in [1.54, 1.807) is 17.8 Å². The number of nitrogens with zero attached hydrogens (tertiary/aromatic N) is 3. The van der Waals surface area contributed by atoms with Crippen LogP contribution < -0.4 is 5.73 Å². The van der Waals surface area contributed by atoms with Gasteiger partial charge in [-0.1, -0.05) is 5.21 Å². The average Bonchev–Trinajstić information content (AvgIpc) is 2.46. The predicted octanol–water partition coefficient (Wildman–Crippen LogP) is -0.00640. The van der Waals surface area contributed by atoms with E-state index in [2.05, 4.69) is 10.3 Å². The van der Waals surface area contributed by atoms with Crippen molar-refractivity contribution in [2.75, 3.05) is 0 Å². The molecule has 1 aromatic heterocycles. The van der Waals surface area contributed by atoms with Gasteiger partial charge in [-0.05, 0) is 19.8 Å². The van der Waals surface area contributed by atoms with E-state index in [4.69, 9.17) is 5.73 Å². The predicted molar refractivity (Wildman–Crippen MR) is 46.9 cm³/mol. The molecule has 0 saturated heterocycles. The fraction of sp³-hybridized carbons (Fsp3) is 0.750. The SMILES string of the molecule is C[C@H](O)c1cn([C@H]2C[C@H](N)C2)nn1. The van der Waals surface area contributed by atoms with Gasteiger partial charge in [0.05, 0.1) is 18.3 Å². The molecule has 5 nitrogen and oxygen atoms in total. The summed E-state index contributed by atoms with van der Waals surface area (Å²) in [6.45, 7) is 1.68. The van der Waals surface area contributed by atoms with Crippen LogP contribution in [0.4, 0.5) is 0 Å². The normalized spacial score (nSPS) is 29.8. The number of aromatic nitrogens is 3. The largest absolute Gasteiger partial charge is 0.387 e. The molecule has 1 saturated carbocycles. The van der Waals surface area contributed by atoms with Gasteiger partial charge in [0.1, 0.15) is 5.69 Å². The fourth-order valence-corrected chi connectivity index (χ4v) is 1.51. The number of aliphatic hydroxyl groups is 1. The second-order valence-corrected chi connectivity index (χ2v) is 3.68. The Kier molecular flexibility index (Phi) is 2.05. The molecule has 1 aromatic rings. The molecule has 1 aliphatic rings. The summed E-state index contributed by atoms with van der Waals surface area (Å²) in [6, 6.07) is 0.694. The Hall–Kier alpha value is -0.940. The smallest absolute Gasteiger partial charge is 0.111 e. The van der Waals surface area contributed by atoms with E-state index in [9.17, 15) is 5.11 Å². The minimum Gasteiger partial charge on any atom is -0.387 e. The maximum absolute atomic E-state index is 9.22. The van der Waals surface area contributed by atoms with E-state index in [0.29, 0.717) is 17.8 Å². The van der Waals surface area contributed by atoms with Crippen molar-refractivity contribution in [2.45, 2.75) is 38.0 Å². The highest BCUT2D eigenvalue weighted by Crippen LogP contribution is 2.30. The van der Waals surface area contributed by atoms with E-state index >= 15 is 0 Å². The number of nitrogens with two attached hydrogens (primary N) is 1. The second-order valence-electron chi connectivity index (χ2n) is 3.68. The highest BCUT2D eigenvalue weighted by Gasteiger charge is 2.28. The zero-order valence-electron chi connectivity index (χ0n) is 7.59. The van der Waals surface area contributed by atoms with Gasteiger partial charge in [0, 0.05) is 6.04 Å². The zero-order chi connectivity index (χ0) is 9.42. The molecule has 1 aliphatic carbocycles. The van der Waals surface area contributed by atoms with Gasteiger partial charge in [-0.2, -0.15) is 0 Å². The highest BCUT2D eigenvalue weighted by molar-refractivity contribution is 4.98. The van der Waals surface area contributed by atoms with Crippen LogP contribution in [0, 0.1) is 0 Å². The van der Waals surface area contributed by atoms with Gasteiger partial charge < -0.3 is 10.8 Å². The van der Waals surface area contributed by atoms with Gasteiger partial charge in [-0.15, -0.1) is 5.10 Å². The lowest BCUT2D eigenvalue weighted by atomic mass is 9.88. The first-order chi connectivity index (χ1) is 6.16. The van der Waals surface area contributed by atoms with Crippen molar-refractivity contribution in [3.8, 4) is 0 Å². The average molecular weight is 182 g/mol. The summed E-state index contributed by atoms with van der Waals surface area (Å²) in [6.07, 6.45) is 3.18. The van der Waals surface area contributed by atoms with Crippen LogP contribution in [-0.4, -0.2) is 26.1 Å². The molecule has 1 fully saturated rings. The summed E-state index contributed by atoms with van der Waals surface area (Å²) in [5.41, 5.74) is 6.29. The van der Waals surface area contributed by atoms with Crippen LogP contribution in [0.3, 0.4) is 0 Å². The first-order valence-corrected chi connectivity index (χ1v) is 4.52. The fourth-order valence-electron chi connectivity index (χ4n) is 1.51. The first-order valence-electron chi connectivity index (χ1n) is 4.52. The lowest BCUT2D eigenvalue weighted by Gasteiger charge is -2.31. The maximum Gasteiger partial charge on any atom is 0.111 e. The van der Waals surface area contributed by atoms with Gasteiger partial charge in [-0.25, -0.2) is 4.68 Å². The van der Waals surface area contributed by atoms with Crippen molar-refractivity contribution in [2.24, 2.45) is 5.73 Å². The van der Waals surface area contributed by atoms with E-state index in [-0.39, 0.29) is 0 Å². The van der Waals surface area contributed by atoms with Crippen LogP contribution in [0.2, 0.25) is 0 Å². The molecule has 1 heterocycles. The molecule has 2 rings (SSSR count). The van der Waals surface area contributed by atoms with Crippen LogP contribution >= 0.6 is 0 Å². The molecule has 13 heavy (non-hydrogen) atoms. The van der Waals surface area contributed by atoms with Crippen LogP contribution in [0.25, 0.3) is 0 Å². The van der Waals surface area contributed by atoms with Crippen molar-refractivity contribution in [1.82, 2.24) is 15.0 Å². The van der Waals surface area contributed by atoms with Gasteiger partial charge >= 0.3 is 0 Å². The Bertz CT molecular complexity index is 290. The minimum atomic E-state index is -0.539. The molecular weight excluding hydrogens is 168 g/mol. The monoisotopic (exact) mass is 182 g/mol. The quantitative estimate of drug-likeness (QED) is 0.674. The van der Waals surface area contributed by atoms with Crippen molar-refractivity contribution in [1.29, 1.82) is 0 Å². The molecule has 0 bridgehead atoms. The van der Waals surface area contributed by atoms with Crippen LogP contribution in [0.5, 0.6) is 0 Å². The number of aliphatic hydroxyl groups excluding tert-OH is 1. The number of hydrogen-bond donors (Lipinski definition) is 2. The standard InChI is InChI=1S/C8H14N4O/c1-5(13)8-4-12(11-10-8)7-2-6(9)3-7/h4-7,13H,2-3,9H2,1H3/t5-,6-,7-/m0/s1. The van der Waals surface area contributed by atoms with E-state index in [1.807, 2.05) is 0 Å². The molecule has 72 valence electrons. The van der Waals surface area contributed by atoms with Gasteiger partial charge in [0.25, 0.3) is 0 Å². The molecule has 0 aromatic carbocycles. The van der Waals surface area contributed by atoms with Crippen molar-refractivity contribution < 1.29 is 5.11 Å². The van der Waals surface area contributed by atoms with E-state index < -0.39 is 6.10 Å². The van der Waals surface area contributed by atoms with Crippen LogP contribution in [0.15, 0.2) is 6.20 Å². The van der Waals surface area contributed by atoms with Crippen molar-refractivity contribution in [3.63, 3.8) is 0 Å². The summed E-state index contributed by atoms with van der Waals surface area (Å²) in [5.74, 6) is 0. The molecule has 3 N–H and O–H groups in total. The Morgan fingerprint density at radius 3 is 2.85 bits per heavy atom. The lowest BCUT2D eigenvalue weighted by molar-refractivity contribution is 0.194. The topological polar surface area (TPSA) is 77.0 Å². The molecule has 0 spiro atoms. The summed E-state index contributed by atoms with van der Waals surface area (Å²) in [4.78, 5) is 0. The van der Waals surface area contributed by atoms with Gasteiger partial charge in [0.15, 0.2) is 0 Å². The molecular formula is C8H14N4O. The Morgan fingerprint density at radius 2 is 2.38 bits per heavy atom. The minimum absolute atomic E-state index is 0.309. The summed E-state index contributed by atoms with van der Waals surface area (Å²) in [7, 11) is 0. The molecule has 0 aliphatic heterocycles. The highest BCUT2D eigenvalue weighted by atomic mass is 16.3. The summed E-state index contributed by atoms with van der Waals surface area (Å²) >= 11 is 0. The lowest BCUT2D eigenvalue weighted by Crippen LogP contribution is -2.37. The van der Waals surface area contributed by atoms with Gasteiger partial charge in [-0.3, -0.25) is 0 Å². The Labute approximate surface area is 76.5 Å². The van der Waals surface area contributed by atoms with E-state index in [1.165, 1.54) is 0 Å². The van der Waals surface area contributed by atoms with Crippen LogP contribution in [-0.2, 0) is 0 Å². The first kappa shape index (κ1) is 8.65. The molecule has 0 radical (unpaired) electrons. The van der Waals surface area contributed by atoms with Crippen molar-refractivity contribution in [3.05, 3.63) is 11.9 Å². The molecule has 1 atom stereocenters. The summed E-state index contributed by atoms with van der Waals surface area (Å²) in [5, 5.41) is 17.0. The van der Waals surface area contributed by atoms with E-state index in [0.717, 1.165) is 12.8 Å². The maximum atomic E-state index is 9.22. The molecule has 0 unspecified atom stereocenters. The van der Waals surface area contributed by atoms with Gasteiger partial charge in [0.2, 0.25) is 0 Å². The molecule has 0 amide bonds. The second kappa shape index (κ2) is 3.08. The third-order valence-corrected chi connectivity index (χ3v) is 2.48. The number of rotatable bonds is 2. The Morgan fingerprint density at radius 1 is 1.69 bits per heavy atom. The molecule has 5 heteroatoms. The number of hydrogen-bond acceptors (Lipinski definition) is 4. The third kappa shape index (κ3) is 1.57.